The van der Waals surface area contributed by atoms with Crippen molar-refractivity contribution in [2.75, 3.05) is 6.61 Å². The van der Waals surface area contributed by atoms with Gasteiger partial charge in [-0.1, -0.05) is 36.4 Å². The van der Waals surface area contributed by atoms with Crippen LogP contribution in [0.5, 0.6) is 0 Å². The molecule has 1 fully saturated rings. The molecule has 1 unspecified atom stereocenters. The van der Waals surface area contributed by atoms with E-state index in [1.165, 1.54) is 0 Å². The Bertz CT molecular complexity index is 713. The zero-order valence-electron chi connectivity index (χ0n) is 13.7. The van der Waals surface area contributed by atoms with Crippen molar-refractivity contribution in [1.29, 1.82) is 0 Å². The van der Waals surface area contributed by atoms with Crippen LogP contribution in [0.3, 0.4) is 0 Å². The molecule has 130 valence electrons. The van der Waals surface area contributed by atoms with Crippen LogP contribution in [0.2, 0.25) is 0 Å². The van der Waals surface area contributed by atoms with E-state index in [2.05, 4.69) is 0 Å². The molecule has 3 atom stereocenters. The number of hydrogen-bond acceptors (Lipinski definition) is 5. The number of carbonyl (C=O) groups is 2. The number of benzene rings is 2. The molecule has 1 aliphatic rings. The van der Waals surface area contributed by atoms with E-state index in [0.717, 1.165) is 0 Å². The Balaban J connectivity index is 1.70. The predicted molar refractivity (Wildman–Crippen MR) is 91.1 cm³/mol. The Morgan fingerprint density at radius 1 is 0.840 bits per heavy atom. The predicted octanol–water partition coefficient (Wildman–Crippen LogP) is 2.84. The van der Waals surface area contributed by atoms with Gasteiger partial charge in [-0.3, -0.25) is 0 Å². The van der Waals surface area contributed by atoms with Crippen molar-refractivity contribution in [1.82, 2.24) is 0 Å². The standard InChI is InChI=1S/C20H20O5/c21-13-16-11-12-17(24-19(22)14-7-3-1-4-8-14)18(16)25-20(23)15-9-5-2-6-10-15/h1-10,16-18,21H,11-13H2/t16-,17-,18?/m1/s1. The fourth-order valence-corrected chi connectivity index (χ4v) is 3.05. The SMILES string of the molecule is O=C(OC1[C@@H](CO)CC[C@H]1OC(=O)c1ccccc1)c1ccccc1. The van der Waals surface area contributed by atoms with Crippen molar-refractivity contribution >= 4 is 11.9 Å². The first-order valence-electron chi connectivity index (χ1n) is 8.32. The molecule has 0 radical (unpaired) electrons. The molecule has 5 heteroatoms. The second-order valence-corrected chi connectivity index (χ2v) is 6.07. The van der Waals surface area contributed by atoms with E-state index in [9.17, 15) is 14.7 Å². The van der Waals surface area contributed by atoms with Gasteiger partial charge in [-0.05, 0) is 37.1 Å². The van der Waals surface area contributed by atoms with Crippen molar-refractivity contribution in [3.05, 3.63) is 71.8 Å². The van der Waals surface area contributed by atoms with Gasteiger partial charge in [0.25, 0.3) is 0 Å². The van der Waals surface area contributed by atoms with Crippen molar-refractivity contribution in [3.8, 4) is 0 Å². The third-order valence-electron chi connectivity index (χ3n) is 4.41. The molecule has 0 heterocycles. The summed E-state index contributed by atoms with van der Waals surface area (Å²) in [6.45, 7) is -0.119. The highest BCUT2D eigenvalue weighted by Crippen LogP contribution is 2.32. The van der Waals surface area contributed by atoms with Crippen LogP contribution in [0.15, 0.2) is 60.7 Å². The molecule has 2 aromatic rings. The van der Waals surface area contributed by atoms with Gasteiger partial charge >= 0.3 is 11.9 Å². The van der Waals surface area contributed by atoms with Crippen molar-refractivity contribution in [2.24, 2.45) is 5.92 Å². The minimum atomic E-state index is -0.648. The molecular weight excluding hydrogens is 320 g/mol. The van der Waals surface area contributed by atoms with Gasteiger partial charge in [-0.15, -0.1) is 0 Å². The van der Waals surface area contributed by atoms with E-state index >= 15 is 0 Å². The van der Waals surface area contributed by atoms with Crippen LogP contribution in [0.25, 0.3) is 0 Å². The van der Waals surface area contributed by atoms with Gasteiger partial charge in [0.05, 0.1) is 11.1 Å². The number of aliphatic hydroxyl groups is 1. The maximum absolute atomic E-state index is 12.3. The van der Waals surface area contributed by atoms with E-state index in [4.69, 9.17) is 9.47 Å². The first kappa shape index (κ1) is 17.2. The van der Waals surface area contributed by atoms with Gasteiger partial charge in [0.1, 0.15) is 12.2 Å². The highest BCUT2D eigenvalue weighted by atomic mass is 16.6. The van der Waals surface area contributed by atoms with Gasteiger partial charge in [-0.2, -0.15) is 0 Å². The van der Waals surface area contributed by atoms with Gasteiger partial charge in [0.2, 0.25) is 0 Å². The largest absolute Gasteiger partial charge is 0.455 e. The minimum absolute atomic E-state index is 0.119. The van der Waals surface area contributed by atoms with Crippen LogP contribution in [0, 0.1) is 5.92 Å². The van der Waals surface area contributed by atoms with E-state index in [0.29, 0.717) is 24.0 Å². The molecule has 0 spiro atoms. The van der Waals surface area contributed by atoms with E-state index in [1.807, 2.05) is 12.1 Å². The van der Waals surface area contributed by atoms with E-state index in [1.54, 1.807) is 48.5 Å². The summed E-state index contributed by atoms with van der Waals surface area (Å²) in [6, 6.07) is 17.3. The fraction of sp³-hybridized carbons (Fsp3) is 0.300. The summed E-state index contributed by atoms with van der Waals surface area (Å²) in [5.41, 5.74) is 0.877. The number of hydrogen-bond donors (Lipinski definition) is 1. The minimum Gasteiger partial charge on any atom is -0.455 e. The normalized spacial score (nSPS) is 22.4. The Hall–Kier alpha value is -2.66. The third kappa shape index (κ3) is 4.06. The highest BCUT2D eigenvalue weighted by Gasteiger charge is 2.41. The summed E-state index contributed by atoms with van der Waals surface area (Å²) in [5.74, 6) is -1.17. The summed E-state index contributed by atoms with van der Waals surface area (Å²) in [4.78, 5) is 24.6. The molecule has 0 aliphatic heterocycles. The second kappa shape index (κ2) is 7.94. The molecular formula is C20H20O5. The Morgan fingerprint density at radius 3 is 1.88 bits per heavy atom. The molecule has 25 heavy (non-hydrogen) atoms. The molecule has 5 nitrogen and oxygen atoms in total. The van der Waals surface area contributed by atoms with Crippen LogP contribution in [0.4, 0.5) is 0 Å². The highest BCUT2D eigenvalue weighted by molar-refractivity contribution is 5.90. The summed E-state index contributed by atoms with van der Waals surface area (Å²) in [5, 5.41) is 9.56. The lowest BCUT2D eigenvalue weighted by Crippen LogP contribution is -2.36. The van der Waals surface area contributed by atoms with Gasteiger partial charge in [-0.25, -0.2) is 9.59 Å². The quantitative estimate of drug-likeness (QED) is 0.847. The molecule has 0 amide bonds. The molecule has 1 saturated carbocycles. The first-order chi connectivity index (χ1) is 12.2. The second-order valence-electron chi connectivity index (χ2n) is 6.07. The maximum Gasteiger partial charge on any atom is 0.338 e. The van der Waals surface area contributed by atoms with Gasteiger partial charge in [0, 0.05) is 12.5 Å². The lowest BCUT2D eigenvalue weighted by molar-refractivity contribution is -0.0409. The number of ether oxygens (including phenoxy) is 2. The average molecular weight is 340 g/mol. The van der Waals surface area contributed by atoms with Crippen LogP contribution < -0.4 is 0 Å². The number of carbonyl (C=O) groups excluding carboxylic acids is 2. The Labute approximate surface area is 146 Å². The smallest absolute Gasteiger partial charge is 0.338 e. The summed E-state index contributed by atoms with van der Waals surface area (Å²) >= 11 is 0. The molecule has 0 saturated heterocycles. The van der Waals surface area contributed by atoms with Gasteiger partial charge < -0.3 is 14.6 Å². The topological polar surface area (TPSA) is 72.8 Å². The van der Waals surface area contributed by atoms with Gasteiger partial charge in [0.15, 0.2) is 0 Å². The maximum atomic E-state index is 12.3. The Kier molecular flexibility index (Phi) is 5.46. The van der Waals surface area contributed by atoms with E-state index in [-0.39, 0.29) is 12.5 Å². The van der Waals surface area contributed by atoms with Crippen molar-refractivity contribution in [3.63, 3.8) is 0 Å². The molecule has 2 aromatic carbocycles. The molecule has 1 aliphatic carbocycles. The van der Waals surface area contributed by atoms with Crippen LogP contribution >= 0.6 is 0 Å². The van der Waals surface area contributed by atoms with Crippen molar-refractivity contribution < 1.29 is 24.2 Å². The molecule has 0 aromatic heterocycles. The van der Waals surface area contributed by atoms with Crippen LogP contribution in [0.1, 0.15) is 33.6 Å². The molecule has 1 N–H and O–H groups in total. The number of aliphatic hydroxyl groups excluding tert-OH is 1. The number of rotatable bonds is 5. The van der Waals surface area contributed by atoms with Crippen LogP contribution in [-0.4, -0.2) is 35.9 Å². The Morgan fingerprint density at radius 2 is 1.36 bits per heavy atom. The van der Waals surface area contributed by atoms with Crippen LogP contribution in [-0.2, 0) is 9.47 Å². The fourth-order valence-electron chi connectivity index (χ4n) is 3.05. The summed E-state index contributed by atoms with van der Waals surface area (Å²) in [6.07, 6.45) is -0.0186. The van der Waals surface area contributed by atoms with E-state index < -0.39 is 24.1 Å². The molecule has 3 rings (SSSR count). The number of esters is 2. The summed E-state index contributed by atoms with van der Waals surface area (Å²) < 4.78 is 11.1. The zero-order chi connectivity index (χ0) is 17.6. The lowest BCUT2D eigenvalue weighted by Gasteiger charge is -2.24. The average Bonchev–Trinajstić information content (AvgIpc) is 3.04. The lowest BCUT2D eigenvalue weighted by atomic mass is 10.1. The van der Waals surface area contributed by atoms with Crippen molar-refractivity contribution in [2.45, 2.75) is 25.0 Å². The monoisotopic (exact) mass is 340 g/mol. The first-order valence-corrected chi connectivity index (χ1v) is 8.32. The third-order valence-corrected chi connectivity index (χ3v) is 4.41. The summed E-state index contributed by atoms with van der Waals surface area (Å²) in [7, 11) is 0. The molecule has 0 bridgehead atoms. The zero-order valence-corrected chi connectivity index (χ0v) is 13.7.